The van der Waals surface area contributed by atoms with Crippen LogP contribution in [-0.4, -0.2) is 32.5 Å². The number of sulfone groups is 1. The zero-order valence-electron chi connectivity index (χ0n) is 20.0. The first kappa shape index (κ1) is 25.1. The molecule has 0 saturated carbocycles. The molecule has 1 aliphatic rings. The van der Waals surface area contributed by atoms with Gasteiger partial charge < -0.3 is 9.47 Å². The van der Waals surface area contributed by atoms with Crippen molar-refractivity contribution in [3.8, 4) is 11.5 Å². The molecule has 9 heteroatoms. The highest BCUT2D eigenvalue weighted by atomic mass is 32.2. The predicted molar refractivity (Wildman–Crippen MR) is 132 cm³/mol. The molecule has 0 aliphatic carbocycles. The number of nitrogens with one attached hydrogen (secondary N) is 1. The molecule has 0 aromatic heterocycles. The van der Waals surface area contributed by atoms with E-state index in [9.17, 15) is 22.8 Å². The molecule has 1 N–H and O–H groups in total. The minimum atomic E-state index is -3.35. The number of imide groups is 1. The topological polar surface area (TPSA) is 116 Å². The maximum Gasteiger partial charge on any atom is 0.415 e. The van der Waals surface area contributed by atoms with Crippen LogP contribution in [0, 0.1) is 0 Å². The van der Waals surface area contributed by atoms with E-state index in [0.717, 1.165) is 18.2 Å². The predicted octanol–water partition coefficient (Wildman–Crippen LogP) is 4.55. The molecule has 1 atom stereocenters. The van der Waals surface area contributed by atoms with Crippen LogP contribution in [-0.2, 0) is 31.4 Å². The van der Waals surface area contributed by atoms with Crippen molar-refractivity contribution < 1.29 is 32.3 Å². The van der Waals surface area contributed by atoms with Crippen molar-refractivity contribution in [2.75, 3.05) is 6.26 Å². The molecule has 2 amide bonds. The van der Waals surface area contributed by atoms with Crippen LogP contribution in [0.4, 0.5) is 4.79 Å². The highest BCUT2D eigenvalue weighted by Crippen LogP contribution is 2.34. The van der Waals surface area contributed by atoms with Crippen LogP contribution in [0.5, 0.6) is 11.5 Å². The SMILES string of the molecule is CCCc1cc(C(=O)c2ccc(S(C)(=O)=O)cc2)ccc1Oc1cccc([C@@]2(C)OC(=O)NC2=O)c1. The summed E-state index contributed by atoms with van der Waals surface area (Å²) in [5.41, 5.74) is 0.658. The first-order valence-electron chi connectivity index (χ1n) is 11.3. The summed E-state index contributed by atoms with van der Waals surface area (Å²) in [4.78, 5) is 37.0. The minimum absolute atomic E-state index is 0.149. The molecule has 1 fully saturated rings. The average Bonchev–Trinajstić information content (AvgIpc) is 3.11. The number of aryl methyl sites for hydroxylation is 1. The Morgan fingerprint density at radius 1 is 1.00 bits per heavy atom. The Hall–Kier alpha value is -3.98. The van der Waals surface area contributed by atoms with E-state index in [4.69, 9.17) is 9.47 Å². The van der Waals surface area contributed by atoms with Gasteiger partial charge in [-0.1, -0.05) is 25.5 Å². The van der Waals surface area contributed by atoms with Crippen molar-refractivity contribution in [2.24, 2.45) is 0 Å². The van der Waals surface area contributed by atoms with Crippen LogP contribution in [0.15, 0.2) is 71.6 Å². The van der Waals surface area contributed by atoms with Crippen molar-refractivity contribution in [3.05, 3.63) is 89.0 Å². The number of alkyl carbamates (subject to hydrolysis) is 1. The molecule has 8 nitrogen and oxygen atoms in total. The fourth-order valence-electron chi connectivity index (χ4n) is 3.95. The number of ether oxygens (including phenoxy) is 2. The molecule has 1 saturated heterocycles. The number of amides is 2. The summed E-state index contributed by atoms with van der Waals surface area (Å²) in [6.45, 7) is 3.52. The Morgan fingerprint density at radius 3 is 2.31 bits per heavy atom. The third-order valence-electron chi connectivity index (χ3n) is 5.95. The maximum absolute atomic E-state index is 13.0. The molecule has 3 aromatic carbocycles. The van der Waals surface area contributed by atoms with E-state index >= 15 is 0 Å². The lowest BCUT2D eigenvalue weighted by Crippen LogP contribution is -2.33. The van der Waals surface area contributed by atoms with Crippen LogP contribution >= 0.6 is 0 Å². The van der Waals surface area contributed by atoms with Crippen molar-refractivity contribution in [2.45, 2.75) is 37.2 Å². The van der Waals surface area contributed by atoms with Crippen molar-refractivity contribution >= 4 is 27.6 Å². The van der Waals surface area contributed by atoms with Gasteiger partial charge in [-0.3, -0.25) is 14.9 Å². The standard InChI is InChI=1S/C27H25NO7S/c1-4-6-18-15-19(24(29)17-9-12-22(13-10-17)36(3,32)33)11-14-23(18)34-21-8-5-7-20(16-21)27(2)25(30)28-26(31)35-27/h5,7-16H,4,6H2,1-3H3,(H,28,30,31)/t27-/m1/s1. The Labute approximate surface area is 209 Å². The average molecular weight is 508 g/mol. The van der Waals surface area contributed by atoms with Crippen LogP contribution in [0.2, 0.25) is 0 Å². The highest BCUT2D eigenvalue weighted by Gasteiger charge is 2.46. The lowest BCUT2D eigenvalue weighted by atomic mass is 9.95. The number of rotatable bonds is 8. The van der Waals surface area contributed by atoms with Crippen molar-refractivity contribution in [3.63, 3.8) is 0 Å². The van der Waals surface area contributed by atoms with Crippen LogP contribution in [0.3, 0.4) is 0 Å². The van der Waals surface area contributed by atoms with Gasteiger partial charge in [-0.05, 0) is 73.5 Å². The van der Waals surface area contributed by atoms with Gasteiger partial charge in [0.15, 0.2) is 15.6 Å². The minimum Gasteiger partial charge on any atom is -0.457 e. The summed E-state index contributed by atoms with van der Waals surface area (Å²) in [6, 6.07) is 17.7. The summed E-state index contributed by atoms with van der Waals surface area (Å²) < 4.78 is 34.7. The zero-order valence-corrected chi connectivity index (χ0v) is 20.8. The number of hydrogen-bond acceptors (Lipinski definition) is 7. The number of cyclic esters (lactones) is 1. The second kappa shape index (κ2) is 9.58. The molecular weight excluding hydrogens is 482 g/mol. The van der Waals surface area contributed by atoms with Gasteiger partial charge in [0.05, 0.1) is 4.90 Å². The van der Waals surface area contributed by atoms with Crippen molar-refractivity contribution in [1.29, 1.82) is 0 Å². The molecule has 0 unspecified atom stereocenters. The second-order valence-electron chi connectivity index (χ2n) is 8.70. The van der Waals surface area contributed by atoms with Crippen LogP contribution < -0.4 is 10.1 Å². The Kier molecular flexibility index (Phi) is 6.69. The fraction of sp³-hybridized carbons (Fsp3) is 0.222. The summed E-state index contributed by atoms with van der Waals surface area (Å²) in [6.07, 6.45) is 1.78. The van der Waals surface area contributed by atoms with Gasteiger partial charge >= 0.3 is 6.09 Å². The molecule has 1 aliphatic heterocycles. The quantitative estimate of drug-likeness (QED) is 0.445. The number of carbonyl (C=O) groups excluding carboxylic acids is 3. The maximum atomic E-state index is 13.0. The number of ketones is 1. The third-order valence-corrected chi connectivity index (χ3v) is 7.07. The van der Waals surface area contributed by atoms with E-state index in [-0.39, 0.29) is 10.7 Å². The zero-order chi connectivity index (χ0) is 26.1. The summed E-state index contributed by atoms with van der Waals surface area (Å²) in [7, 11) is -3.35. The Bertz CT molecular complexity index is 1460. The largest absolute Gasteiger partial charge is 0.457 e. The first-order valence-corrected chi connectivity index (χ1v) is 13.2. The highest BCUT2D eigenvalue weighted by molar-refractivity contribution is 7.90. The lowest BCUT2D eigenvalue weighted by Gasteiger charge is -2.20. The molecule has 3 aromatic rings. The van der Waals surface area contributed by atoms with Gasteiger partial charge in [0.1, 0.15) is 11.5 Å². The van der Waals surface area contributed by atoms with Crippen LogP contribution in [0.1, 0.15) is 47.3 Å². The molecular formula is C27H25NO7S. The van der Waals surface area contributed by atoms with Gasteiger partial charge in [-0.25, -0.2) is 13.2 Å². The molecule has 0 bridgehead atoms. The molecule has 186 valence electrons. The van der Waals surface area contributed by atoms with Crippen LogP contribution in [0.25, 0.3) is 0 Å². The Balaban J connectivity index is 1.61. The van der Waals surface area contributed by atoms with Gasteiger partial charge in [0.2, 0.25) is 5.60 Å². The molecule has 1 heterocycles. The molecule has 36 heavy (non-hydrogen) atoms. The summed E-state index contributed by atoms with van der Waals surface area (Å²) in [5.74, 6) is 0.208. The fourth-order valence-corrected chi connectivity index (χ4v) is 4.58. The van der Waals surface area contributed by atoms with Gasteiger partial charge in [-0.2, -0.15) is 0 Å². The van der Waals surface area contributed by atoms with E-state index in [1.807, 2.05) is 6.92 Å². The molecule has 4 rings (SSSR count). The van der Waals surface area contributed by atoms with E-state index in [1.54, 1.807) is 42.5 Å². The monoisotopic (exact) mass is 507 g/mol. The number of hydrogen-bond donors (Lipinski definition) is 1. The first-order chi connectivity index (χ1) is 17.0. The van der Waals surface area contributed by atoms with E-state index in [1.165, 1.54) is 31.2 Å². The van der Waals surface area contributed by atoms with Gasteiger partial charge in [0.25, 0.3) is 5.91 Å². The van der Waals surface area contributed by atoms with Gasteiger partial charge in [0, 0.05) is 22.9 Å². The van der Waals surface area contributed by atoms with E-state index in [2.05, 4.69) is 5.32 Å². The molecule has 0 spiro atoms. The molecule has 0 radical (unpaired) electrons. The third kappa shape index (κ3) is 5.01. The summed E-state index contributed by atoms with van der Waals surface area (Å²) >= 11 is 0. The smallest absolute Gasteiger partial charge is 0.415 e. The second-order valence-corrected chi connectivity index (χ2v) is 10.7. The number of benzene rings is 3. The normalized spacial score (nSPS) is 17.4. The lowest BCUT2D eigenvalue weighted by molar-refractivity contribution is -0.130. The number of carbonyl (C=O) groups is 3. The Morgan fingerprint density at radius 2 is 1.69 bits per heavy atom. The van der Waals surface area contributed by atoms with E-state index in [0.29, 0.717) is 34.6 Å². The van der Waals surface area contributed by atoms with E-state index < -0.39 is 27.4 Å². The van der Waals surface area contributed by atoms with Crippen molar-refractivity contribution in [1.82, 2.24) is 5.32 Å². The van der Waals surface area contributed by atoms with Gasteiger partial charge in [-0.15, -0.1) is 0 Å². The summed E-state index contributed by atoms with van der Waals surface area (Å²) in [5, 5.41) is 2.14.